The van der Waals surface area contributed by atoms with Crippen LogP contribution < -0.4 is 16.8 Å². The molecule has 1 aliphatic carbocycles. The number of amides is 3. The minimum Gasteiger partial charge on any atom is -0.395 e. The lowest BCUT2D eigenvalue weighted by atomic mass is 9.98. The highest BCUT2D eigenvalue weighted by Crippen LogP contribution is 2.36. The van der Waals surface area contributed by atoms with Crippen LogP contribution in [0.3, 0.4) is 0 Å². The lowest BCUT2D eigenvalue weighted by Gasteiger charge is -2.36. The summed E-state index contributed by atoms with van der Waals surface area (Å²) in [4.78, 5) is 45.3. The minimum atomic E-state index is -0.925. The molecule has 10 nitrogen and oxygen atoms in total. The normalized spacial score (nSPS) is 14.7. The summed E-state index contributed by atoms with van der Waals surface area (Å²) < 4.78 is 9.08. The lowest BCUT2D eigenvalue weighted by Crippen LogP contribution is -2.48. The zero-order valence-electron chi connectivity index (χ0n) is 19.4. The summed E-state index contributed by atoms with van der Waals surface area (Å²) in [5.74, 6) is -1.58. The molecule has 0 radical (unpaired) electrons. The molecule has 2 aromatic heterocycles. The van der Waals surface area contributed by atoms with Crippen molar-refractivity contribution in [2.24, 2.45) is 5.73 Å². The van der Waals surface area contributed by atoms with Gasteiger partial charge >= 0.3 is 0 Å². The van der Waals surface area contributed by atoms with Crippen LogP contribution in [0.2, 0.25) is 0 Å². The van der Waals surface area contributed by atoms with Crippen molar-refractivity contribution in [1.82, 2.24) is 19.6 Å². The number of pyridine rings is 1. The maximum absolute atomic E-state index is 13.9. The monoisotopic (exact) mass is 496 g/mol. The predicted octanol–water partition coefficient (Wildman–Crippen LogP) is 2.26. The molecule has 35 heavy (non-hydrogen) atoms. The fourth-order valence-electron chi connectivity index (χ4n) is 4.50. The second-order valence-corrected chi connectivity index (χ2v) is 9.20. The van der Waals surface area contributed by atoms with Crippen molar-refractivity contribution in [2.75, 3.05) is 26.0 Å². The Labute approximate surface area is 206 Å². The topological polar surface area (TPSA) is 154 Å². The Morgan fingerprint density at radius 1 is 1.26 bits per heavy atom. The molecule has 1 fully saturated rings. The van der Waals surface area contributed by atoms with Crippen LogP contribution in [0.25, 0.3) is 10.9 Å². The Kier molecular flexibility index (Phi) is 7.57. The van der Waals surface area contributed by atoms with Crippen molar-refractivity contribution < 1.29 is 19.1 Å². The molecule has 0 saturated heterocycles. The number of nitrogens with two attached hydrogens (primary N) is 2. The molecule has 3 amide bonds. The number of fused-ring (bicyclic) bond motifs is 1. The van der Waals surface area contributed by atoms with Crippen molar-refractivity contribution in [2.45, 2.75) is 37.8 Å². The van der Waals surface area contributed by atoms with Gasteiger partial charge in [0.25, 0.3) is 11.8 Å². The highest BCUT2D eigenvalue weighted by atomic mass is 32.1. The third-order valence-corrected chi connectivity index (χ3v) is 7.03. The second kappa shape index (κ2) is 10.8. The van der Waals surface area contributed by atoms with Gasteiger partial charge in [0, 0.05) is 31.3 Å². The van der Waals surface area contributed by atoms with Crippen LogP contribution in [0.4, 0.5) is 5.69 Å². The van der Waals surface area contributed by atoms with E-state index in [-0.39, 0.29) is 28.2 Å². The van der Waals surface area contributed by atoms with Gasteiger partial charge in [0.15, 0.2) is 5.69 Å². The van der Waals surface area contributed by atoms with Crippen LogP contribution in [0.1, 0.15) is 57.4 Å². The predicted molar refractivity (Wildman–Crippen MR) is 133 cm³/mol. The Morgan fingerprint density at radius 2 is 2.03 bits per heavy atom. The first kappa shape index (κ1) is 24.6. The molecule has 2 heterocycles. The number of nitrogen functional groups attached to an aromatic ring is 1. The summed E-state index contributed by atoms with van der Waals surface area (Å²) in [7, 11) is 1.55. The van der Waals surface area contributed by atoms with Gasteiger partial charge in [-0.15, -0.1) is 0 Å². The Morgan fingerprint density at radius 3 is 2.71 bits per heavy atom. The minimum absolute atomic E-state index is 0.0586. The van der Waals surface area contributed by atoms with Crippen LogP contribution in [0, 0.1) is 0 Å². The number of primary amides is 1. The summed E-state index contributed by atoms with van der Waals surface area (Å²) in [6.45, 7) is 0.628. The molecule has 0 aliphatic heterocycles. The Bertz CT molecular complexity index is 1240. The van der Waals surface area contributed by atoms with E-state index in [4.69, 9.17) is 16.2 Å². The van der Waals surface area contributed by atoms with Crippen molar-refractivity contribution in [3.8, 4) is 0 Å². The third-order valence-electron chi connectivity index (χ3n) is 6.18. The number of hydrogen-bond donors (Lipinski definition) is 3. The van der Waals surface area contributed by atoms with E-state index >= 15 is 0 Å². The van der Waals surface area contributed by atoms with Crippen molar-refractivity contribution in [3.05, 3.63) is 52.7 Å². The summed E-state index contributed by atoms with van der Waals surface area (Å²) >= 11 is 0.819. The quantitative estimate of drug-likeness (QED) is 0.384. The summed E-state index contributed by atoms with van der Waals surface area (Å²) in [6, 6.07) is 8.16. The molecule has 1 aromatic carbocycles. The van der Waals surface area contributed by atoms with E-state index in [0.29, 0.717) is 18.7 Å². The number of carbonyl (C=O) groups excluding carboxylic acids is 3. The number of rotatable bonds is 9. The number of ether oxygens (including phenoxy) is 1. The number of nitrogens with one attached hydrogen (secondary N) is 1. The molecule has 3 aromatic rings. The first-order valence-electron chi connectivity index (χ1n) is 11.4. The molecular weight excluding hydrogens is 468 g/mol. The van der Waals surface area contributed by atoms with E-state index in [1.165, 1.54) is 0 Å². The lowest BCUT2D eigenvalue weighted by molar-refractivity contribution is -0.126. The number of hydrogen-bond acceptors (Lipinski definition) is 8. The van der Waals surface area contributed by atoms with Gasteiger partial charge in [0.1, 0.15) is 10.9 Å². The standard InChI is InChI=1S/C24H28N6O4S/c1-34-12-11-28-23(32)20(15-8-9-17-14(13-15)5-4-10-27-17)30(16-6-2-3-7-16)24(33)21-18(25)19(22(26)31)29-35-21/h4-5,8-10,13,16,20H,2-3,6-7,11-12,25H2,1H3,(H2,26,31)(H,28,32)/t20-/m0/s1. The molecule has 1 aliphatic rings. The summed E-state index contributed by atoms with van der Waals surface area (Å²) in [5, 5.41) is 3.74. The SMILES string of the molecule is COCCNC(=O)[C@H](c1ccc2ncccc2c1)N(C(=O)c1snc(C(N)=O)c1N)C1CCCC1. The van der Waals surface area contributed by atoms with Gasteiger partial charge in [-0.25, -0.2) is 0 Å². The van der Waals surface area contributed by atoms with Crippen LogP contribution >= 0.6 is 11.5 Å². The van der Waals surface area contributed by atoms with E-state index in [1.54, 1.807) is 18.2 Å². The Balaban J connectivity index is 1.81. The molecule has 1 atom stereocenters. The van der Waals surface area contributed by atoms with E-state index in [1.807, 2.05) is 30.3 Å². The van der Waals surface area contributed by atoms with Crippen LogP contribution in [-0.4, -0.2) is 58.3 Å². The molecular formula is C24H28N6O4S. The summed E-state index contributed by atoms with van der Waals surface area (Å²) in [5.41, 5.74) is 12.7. The second-order valence-electron chi connectivity index (χ2n) is 8.43. The van der Waals surface area contributed by atoms with E-state index in [0.717, 1.165) is 48.1 Å². The highest BCUT2D eigenvalue weighted by Gasteiger charge is 2.39. The molecule has 5 N–H and O–H groups in total. The van der Waals surface area contributed by atoms with E-state index in [2.05, 4.69) is 14.7 Å². The molecule has 1 saturated carbocycles. The fourth-order valence-corrected chi connectivity index (χ4v) is 5.25. The third kappa shape index (κ3) is 5.10. The number of anilines is 1. The van der Waals surface area contributed by atoms with Gasteiger partial charge in [-0.05, 0) is 48.1 Å². The number of aromatic nitrogens is 2. The maximum Gasteiger partial charge on any atom is 0.270 e. The van der Waals surface area contributed by atoms with Gasteiger partial charge < -0.3 is 26.4 Å². The van der Waals surface area contributed by atoms with Crippen molar-refractivity contribution in [3.63, 3.8) is 0 Å². The Hall–Kier alpha value is -3.57. The van der Waals surface area contributed by atoms with E-state index < -0.39 is 17.9 Å². The molecule has 0 bridgehead atoms. The average molecular weight is 497 g/mol. The first-order valence-corrected chi connectivity index (χ1v) is 12.2. The largest absolute Gasteiger partial charge is 0.395 e. The molecule has 4 rings (SSSR count). The number of nitrogens with zero attached hydrogens (tertiary/aromatic N) is 3. The van der Waals surface area contributed by atoms with Crippen LogP contribution in [0.15, 0.2) is 36.5 Å². The van der Waals surface area contributed by atoms with Crippen LogP contribution in [0.5, 0.6) is 0 Å². The molecule has 0 spiro atoms. The molecule has 184 valence electrons. The summed E-state index contributed by atoms with van der Waals surface area (Å²) in [6.07, 6.45) is 5.10. The zero-order chi connectivity index (χ0) is 24.9. The molecule has 11 heteroatoms. The van der Waals surface area contributed by atoms with Gasteiger partial charge in [0.05, 0.1) is 17.8 Å². The number of benzene rings is 1. The maximum atomic E-state index is 13.9. The zero-order valence-corrected chi connectivity index (χ0v) is 20.2. The van der Waals surface area contributed by atoms with Gasteiger partial charge in [-0.1, -0.05) is 25.0 Å². The average Bonchev–Trinajstić information content (AvgIpc) is 3.52. The highest BCUT2D eigenvalue weighted by molar-refractivity contribution is 7.09. The van der Waals surface area contributed by atoms with Gasteiger partial charge in [0.2, 0.25) is 5.91 Å². The molecule has 0 unspecified atom stereocenters. The van der Waals surface area contributed by atoms with Gasteiger partial charge in [-0.2, -0.15) is 4.37 Å². The van der Waals surface area contributed by atoms with E-state index in [9.17, 15) is 14.4 Å². The smallest absolute Gasteiger partial charge is 0.270 e. The van der Waals surface area contributed by atoms with Crippen molar-refractivity contribution in [1.29, 1.82) is 0 Å². The number of methoxy groups -OCH3 is 1. The number of carbonyl (C=O) groups is 3. The fraction of sp³-hybridized carbons (Fsp3) is 0.375. The van der Waals surface area contributed by atoms with Crippen LogP contribution in [-0.2, 0) is 9.53 Å². The first-order chi connectivity index (χ1) is 16.9. The van der Waals surface area contributed by atoms with Gasteiger partial charge in [-0.3, -0.25) is 19.4 Å². The van der Waals surface area contributed by atoms with Crippen molar-refractivity contribution >= 4 is 45.8 Å².